The number of aliphatic hydroxyl groups is 1. The van der Waals surface area contributed by atoms with E-state index >= 15 is 0 Å². The zero-order valence-electron chi connectivity index (χ0n) is 11.5. The molecule has 6 nitrogen and oxygen atoms in total. The summed E-state index contributed by atoms with van der Waals surface area (Å²) in [5, 5.41) is 22.1. The molecular weight excluding hydrogens is 256 g/mol. The number of fused-ring (bicyclic) bond motifs is 1. The third-order valence-electron chi connectivity index (χ3n) is 3.37. The molecule has 1 atom stereocenters. The van der Waals surface area contributed by atoms with Gasteiger partial charge >= 0.3 is 0 Å². The number of hydrogen-bond acceptors (Lipinski definition) is 5. The molecule has 0 saturated carbocycles. The van der Waals surface area contributed by atoms with Crippen molar-refractivity contribution in [2.45, 2.75) is 13.0 Å². The Morgan fingerprint density at radius 1 is 1.45 bits per heavy atom. The van der Waals surface area contributed by atoms with E-state index in [0.717, 1.165) is 10.9 Å². The van der Waals surface area contributed by atoms with Crippen LogP contribution in [-0.2, 0) is 0 Å². The van der Waals surface area contributed by atoms with Gasteiger partial charge in [0.2, 0.25) is 0 Å². The van der Waals surface area contributed by atoms with Gasteiger partial charge in [0.15, 0.2) is 5.84 Å². The van der Waals surface area contributed by atoms with E-state index in [4.69, 9.17) is 10.9 Å². The molecule has 6 heteroatoms. The van der Waals surface area contributed by atoms with Gasteiger partial charge in [0.1, 0.15) is 5.82 Å². The summed E-state index contributed by atoms with van der Waals surface area (Å²) >= 11 is 0. The lowest BCUT2D eigenvalue weighted by Gasteiger charge is -2.25. The van der Waals surface area contributed by atoms with Gasteiger partial charge in [-0.3, -0.25) is 0 Å². The van der Waals surface area contributed by atoms with Crippen LogP contribution in [0.15, 0.2) is 35.5 Å². The maximum Gasteiger partial charge on any atom is 0.170 e. The number of likely N-dealkylation sites (N-methyl/N-ethyl adjacent to an activating group) is 1. The molecule has 4 N–H and O–H groups in total. The van der Waals surface area contributed by atoms with Crippen LogP contribution in [0, 0.1) is 0 Å². The van der Waals surface area contributed by atoms with Crippen LogP contribution < -0.4 is 10.6 Å². The number of anilines is 1. The first-order valence-corrected chi connectivity index (χ1v) is 6.30. The van der Waals surface area contributed by atoms with Gasteiger partial charge in [0.25, 0.3) is 0 Å². The Morgan fingerprint density at radius 3 is 2.80 bits per heavy atom. The third-order valence-corrected chi connectivity index (χ3v) is 3.37. The number of nitrogens with two attached hydrogens (primary N) is 1. The molecule has 0 saturated heterocycles. The summed E-state index contributed by atoms with van der Waals surface area (Å²) in [5.41, 5.74) is 7.11. The van der Waals surface area contributed by atoms with E-state index < -0.39 is 0 Å². The van der Waals surface area contributed by atoms with Gasteiger partial charge in [-0.15, -0.1) is 0 Å². The van der Waals surface area contributed by atoms with E-state index in [1.54, 1.807) is 6.07 Å². The van der Waals surface area contributed by atoms with E-state index in [1.165, 1.54) is 0 Å². The summed E-state index contributed by atoms with van der Waals surface area (Å²) in [5.74, 6) is 0.696. The van der Waals surface area contributed by atoms with Crippen LogP contribution in [-0.4, -0.2) is 40.8 Å². The van der Waals surface area contributed by atoms with E-state index in [0.29, 0.717) is 11.4 Å². The maximum atomic E-state index is 9.25. The molecule has 1 unspecified atom stereocenters. The van der Waals surface area contributed by atoms with Gasteiger partial charge in [-0.05, 0) is 19.1 Å². The van der Waals surface area contributed by atoms with Crippen molar-refractivity contribution in [3.63, 3.8) is 0 Å². The first-order chi connectivity index (χ1) is 9.58. The molecule has 20 heavy (non-hydrogen) atoms. The lowest BCUT2D eigenvalue weighted by atomic mass is 10.1. The first-order valence-electron chi connectivity index (χ1n) is 6.30. The van der Waals surface area contributed by atoms with Gasteiger partial charge in [-0.2, -0.15) is 0 Å². The topological polar surface area (TPSA) is 95.0 Å². The van der Waals surface area contributed by atoms with Crippen molar-refractivity contribution < 1.29 is 10.3 Å². The fourth-order valence-electron chi connectivity index (χ4n) is 1.96. The minimum absolute atomic E-state index is 0.0178. The Morgan fingerprint density at radius 2 is 2.15 bits per heavy atom. The molecule has 0 spiro atoms. The van der Waals surface area contributed by atoms with Gasteiger partial charge in [0, 0.05) is 18.0 Å². The predicted molar refractivity (Wildman–Crippen MR) is 79.2 cm³/mol. The number of hydrogen-bond donors (Lipinski definition) is 3. The standard InChI is InChI=1S/C14H18N4O2/c1-9(8-19)18(2)13-7-11(14(15)17-20)10-5-3-4-6-12(10)16-13/h3-7,9,19-20H,8H2,1-2H3,(H2,15,17). The third kappa shape index (κ3) is 2.50. The summed E-state index contributed by atoms with van der Waals surface area (Å²) < 4.78 is 0. The van der Waals surface area contributed by atoms with Crippen LogP contribution in [0.5, 0.6) is 0 Å². The van der Waals surface area contributed by atoms with Gasteiger partial charge in [0.05, 0.1) is 18.2 Å². The molecule has 0 radical (unpaired) electrons. The fraction of sp³-hybridized carbons (Fsp3) is 0.286. The zero-order chi connectivity index (χ0) is 14.7. The second-order valence-electron chi connectivity index (χ2n) is 4.67. The van der Waals surface area contributed by atoms with Crippen molar-refractivity contribution in [2.75, 3.05) is 18.6 Å². The molecule has 0 aliphatic rings. The van der Waals surface area contributed by atoms with Crippen LogP contribution in [0.3, 0.4) is 0 Å². The normalized spacial score (nSPS) is 13.4. The number of aromatic nitrogens is 1. The second-order valence-corrected chi connectivity index (χ2v) is 4.67. The number of rotatable bonds is 4. The molecule has 2 aromatic rings. The number of nitrogens with zero attached hydrogens (tertiary/aromatic N) is 3. The Kier molecular flexibility index (Phi) is 4.05. The summed E-state index contributed by atoms with van der Waals surface area (Å²) in [6, 6.07) is 9.16. The highest BCUT2D eigenvalue weighted by atomic mass is 16.4. The number of benzene rings is 1. The summed E-state index contributed by atoms with van der Waals surface area (Å²) in [6.45, 7) is 1.91. The maximum absolute atomic E-state index is 9.25. The summed E-state index contributed by atoms with van der Waals surface area (Å²) in [6.07, 6.45) is 0. The van der Waals surface area contributed by atoms with Crippen molar-refractivity contribution in [1.82, 2.24) is 4.98 Å². The number of aliphatic hydroxyl groups excluding tert-OH is 1. The molecule has 0 aliphatic carbocycles. The SMILES string of the molecule is CC(CO)N(C)c1cc(/C(N)=N/O)c2ccccc2n1. The Bertz CT molecular complexity index is 642. The molecule has 0 aliphatic heterocycles. The average molecular weight is 274 g/mol. The van der Waals surface area contributed by atoms with Crippen LogP contribution in [0.1, 0.15) is 12.5 Å². The van der Waals surface area contributed by atoms with E-state index in [1.807, 2.05) is 43.1 Å². The second kappa shape index (κ2) is 5.75. The largest absolute Gasteiger partial charge is 0.409 e. The highest BCUT2D eigenvalue weighted by Gasteiger charge is 2.15. The molecule has 0 bridgehead atoms. The summed E-state index contributed by atoms with van der Waals surface area (Å²) in [4.78, 5) is 6.39. The van der Waals surface area contributed by atoms with Gasteiger partial charge in [-0.1, -0.05) is 23.4 Å². The monoisotopic (exact) mass is 274 g/mol. The van der Waals surface area contributed by atoms with Gasteiger partial charge in [-0.25, -0.2) is 4.98 Å². The van der Waals surface area contributed by atoms with E-state index in [9.17, 15) is 5.11 Å². The molecule has 106 valence electrons. The van der Waals surface area contributed by atoms with E-state index in [2.05, 4.69) is 10.1 Å². The fourth-order valence-corrected chi connectivity index (χ4v) is 1.96. The molecule has 1 heterocycles. The van der Waals surface area contributed by atoms with Crippen molar-refractivity contribution in [2.24, 2.45) is 10.9 Å². The first kappa shape index (κ1) is 14.1. The molecule has 1 aromatic heterocycles. The highest BCUT2D eigenvalue weighted by molar-refractivity contribution is 6.08. The average Bonchev–Trinajstić information content (AvgIpc) is 2.51. The zero-order valence-corrected chi connectivity index (χ0v) is 11.5. The van der Waals surface area contributed by atoms with Crippen LogP contribution in [0.2, 0.25) is 0 Å². The Labute approximate surface area is 117 Å². The van der Waals surface area contributed by atoms with Crippen molar-refractivity contribution in [3.05, 3.63) is 35.9 Å². The molecular formula is C14H18N4O2. The quantitative estimate of drug-likeness (QED) is 0.336. The highest BCUT2D eigenvalue weighted by Crippen LogP contribution is 2.23. The van der Waals surface area contributed by atoms with Crippen molar-refractivity contribution in [1.29, 1.82) is 0 Å². The number of para-hydroxylation sites is 1. The van der Waals surface area contributed by atoms with Crippen LogP contribution in [0.25, 0.3) is 10.9 Å². The smallest absolute Gasteiger partial charge is 0.170 e. The Hall–Kier alpha value is -2.34. The number of amidine groups is 1. The van der Waals surface area contributed by atoms with Crippen LogP contribution in [0.4, 0.5) is 5.82 Å². The minimum atomic E-state index is -0.0798. The minimum Gasteiger partial charge on any atom is -0.409 e. The van der Waals surface area contributed by atoms with Crippen molar-refractivity contribution in [3.8, 4) is 0 Å². The lowest BCUT2D eigenvalue weighted by molar-refractivity contribution is 0.270. The Balaban J connectivity index is 2.64. The van der Waals surface area contributed by atoms with Gasteiger partial charge < -0.3 is 20.9 Å². The van der Waals surface area contributed by atoms with E-state index in [-0.39, 0.29) is 18.5 Å². The molecule has 0 fully saturated rings. The van der Waals surface area contributed by atoms with Crippen LogP contribution >= 0.6 is 0 Å². The number of oxime groups is 1. The number of pyridine rings is 1. The molecule has 2 rings (SSSR count). The predicted octanol–water partition coefficient (Wildman–Crippen LogP) is 1.15. The molecule has 1 aromatic carbocycles. The summed E-state index contributed by atoms with van der Waals surface area (Å²) in [7, 11) is 1.84. The van der Waals surface area contributed by atoms with Crippen molar-refractivity contribution >= 4 is 22.6 Å². The lowest BCUT2D eigenvalue weighted by Crippen LogP contribution is -2.32. The molecule has 0 amide bonds.